The standard InChI is InChI=1S/C19H18N2O2S3/c1-23-14-7-5-13(6-8-14)20-17(22)16-11-26-18(21(16)19(20)24)12-3-9-15(25-2)10-4-12/h3-10,16,18H,11H2,1-2H3/t16-,18+/m0/s1. The van der Waals surface area contributed by atoms with Crippen LogP contribution in [0, 0.1) is 0 Å². The Kier molecular flexibility index (Phi) is 4.86. The minimum Gasteiger partial charge on any atom is -0.497 e. The molecule has 26 heavy (non-hydrogen) atoms. The van der Waals surface area contributed by atoms with Gasteiger partial charge in [0.05, 0.1) is 12.8 Å². The van der Waals surface area contributed by atoms with Crippen LogP contribution in [0.4, 0.5) is 5.69 Å². The van der Waals surface area contributed by atoms with E-state index in [1.54, 1.807) is 35.5 Å². The lowest BCUT2D eigenvalue weighted by atomic mass is 10.2. The lowest BCUT2D eigenvalue weighted by Crippen LogP contribution is -2.33. The van der Waals surface area contributed by atoms with Crippen LogP contribution >= 0.6 is 35.7 Å². The van der Waals surface area contributed by atoms with Gasteiger partial charge >= 0.3 is 0 Å². The van der Waals surface area contributed by atoms with Crippen molar-refractivity contribution in [2.24, 2.45) is 0 Å². The predicted octanol–water partition coefficient (Wildman–Crippen LogP) is 4.16. The first-order chi connectivity index (χ1) is 12.6. The molecule has 0 saturated carbocycles. The average Bonchev–Trinajstić information content (AvgIpc) is 3.22. The number of nitrogens with zero attached hydrogens (tertiary/aromatic N) is 2. The van der Waals surface area contributed by atoms with E-state index in [0.29, 0.717) is 5.11 Å². The van der Waals surface area contributed by atoms with Gasteiger partial charge in [0, 0.05) is 10.6 Å². The number of thiocarbonyl (C=S) groups is 1. The van der Waals surface area contributed by atoms with Gasteiger partial charge in [0.25, 0.3) is 5.91 Å². The van der Waals surface area contributed by atoms with Gasteiger partial charge in [0.15, 0.2) is 5.11 Å². The van der Waals surface area contributed by atoms with Gasteiger partial charge in [-0.15, -0.1) is 23.5 Å². The molecule has 0 aliphatic carbocycles. The Morgan fingerprint density at radius 3 is 2.46 bits per heavy atom. The second kappa shape index (κ2) is 7.13. The van der Waals surface area contributed by atoms with Gasteiger partial charge in [-0.2, -0.15) is 0 Å². The molecule has 0 bridgehead atoms. The first kappa shape index (κ1) is 17.7. The molecule has 4 nitrogen and oxygen atoms in total. The fourth-order valence-corrected chi connectivity index (χ4v) is 5.61. The third kappa shape index (κ3) is 2.88. The van der Waals surface area contributed by atoms with Gasteiger partial charge in [0.1, 0.15) is 17.2 Å². The Morgan fingerprint density at radius 1 is 1.15 bits per heavy atom. The number of amides is 1. The Labute approximate surface area is 166 Å². The molecule has 1 amide bonds. The third-order valence-electron chi connectivity index (χ3n) is 4.65. The van der Waals surface area contributed by atoms with Gasteiger partial charge in [-0.3, -0.25) is 9.69 Å². The smallest absolute Gasteiger partial charge is 0.257 e. The molecule has 2 fully saturated rings. The largest absolute Gasteiger partial charge is 0.497 e. The molecule has 2 aromatic carbocycles. The minimum atomic E-state index is -0.195. The topological polar surface area (TPSA) is 32.8 Å². The zero-order chi connectivity index (χ0) is 18.3. The number of benzene rings is 2. The quantitative estimate of drug-likeness (QED) is 0.564. The highest BCUT2D eigenvalue weighted by Crippen LogP contribution is 2.46. The predicted molar refractivity (Wildman–Crippen MR) is 112 cm³/mol. The molecule has 2 heterocycles. The number of thioether (sulfide) groups is 2. The summed E-state index contributed by atoms with van der Waals surface area (Å²) in [5, 5.41) is 0.657. The average molecular weight is 403 g/mol. The van der Waals surface area contributed by atoms with Crippen molar-refractivity contribution >= 4 is 52.4 Å². The molecule has 2 atom stereocenters. The van der Waals surface area contributed by atoms with E-state index in [1.165, 1.54) is 10.5 Å². The number of carbonyl (C=O) groups is 1. The Balaban J connectivity index is 1.62. The summed E-state index contributed by atoms with van der Waals surface area (Å²) in [5.41, 5.74) is 1.97. The molecule has 2 aliphatic rings. The molecule has 0 N–H and O–H groups in total. The first-order valence-corrected chi connectivity index (χ1v) is 10.9. The summed E-state index contributed by atoms with van der Waals surface area (Å²) in [5.74, 6) is 1.56. The molecule has 0 radical (unpaired) electrons. The minimum absolute atomic E-state index is 0.0518. The normalized spacial score (nSPS) is 22.1. The summed E-state index contributed by atoms with van der Waals surface area (Å²) in [6, 6.07) is 15.8. The van der Waals surface area contributed by atoms with Crippen molar-refractivity contribution in [3.05, 3.63) is 54.1 Å². The summed E-state index contributed by atoms with van der Waals surface area (Å²) in [4.78, 5) is 17.9. The maximum atomic E-state index is 13.0. The fourth-order valence-electron chi connectivity index (χ4n) is 3.28. The number of rotatable bonds is 4. The van der Waals surface area contributed by atoms with Crippen LogP contribution in [0.15, 0.2) is 53.4 Å². The Morgan fingerprint density at radius 2 is 1.85 bits per heavy atom. The van der Waals surface area contributed by atoms with Crippen LogP contribution in [-0.2, 0) is 4.79 Å². The maximum Gasteiger partial charge on any atom is 0.257 e. The monoisotopic (exact) mass is 402 g/mol. The van der Waals surface area contributed by atoms with E-state index < -0.39 is 0 Å². The summed E-state index contributed by atoms with van der Waals surface area (Å²) >= 11 is 9.20. The summed E-state index contributed by atoms with van der Waals surface area (Å²) < 4.78 is 5.20. The lowest BCUT2D eigenvalue weighted by Gasteiger charge is -2.25. The fraction of sp³-hybridized carbons (Fsp3) is 0.263. The summed E-state index contributed by atoms with van der Waals surface area (Å²) in [6.45, 7) is 0. The van der Waals surface area contributed by atoms with E-state index in [1.807, 2.05) is 24.3 Å². The molecular weight excluding hydrogens is 384 g/mol. The zero-order valence-electron chi connectivity index (χ0n) is 14.4. The lowest BCUT2D eigenvalue weighted by molar-refractivity contribution is -0.119. The van der Waals surface area contributed by atoms with E-state index in [0.717, 1.165) is 17.2 Å². The van der Waals surface area contributed by atoms with E-state index >= 15 is 0 Å². The van der Waals surface area contributed by atoms with Gasteiger partial charge in [-0.05, 0) is 60.4 Å². The van der Waals surface area contributed by atoms with Crippen LogP contribution in [-0.4, -0.2) is 41.1 Å². The van der Waals surface area contributed by atoms with Crippen molar-refractivity contribution in [2.45, 2.75) is 16.3 Å². The van der Waals surface area contributed by atoms with Crippen molar-refractivity contribution in [3.63, 3.8) is 0 Å². The van der Waals surface area contributed by atoms with E-state index in [-0.39, 0.29) is 17.3 Å². The molecule has 7 heteroatoms. The van der Waals surface area contributed by atoms with Crippen LogP contribution in [0.3, 0.4) is 0 Å². The van der Waals surface area contributed by atoms with Gasteiger partial charge in [-0.25, -0.2) is 0 Å². The molecule has 0 aromatic heterocycles. The highest BCUT2D eigenvalue weighted by molar-refractivity contribution is 8.00. The van der Waals surface area contributed by atoms with Crippen molar-refractivity contribution in [1.82, 2.24) is 4.90 Å². The van der Waals surface area contributed by atoms with E-state index in [9.17, 15) is 4.79 Å². The second-order valence-electron chi connectivity index (χ2n) is 6.04. The second-order valence-corrected chi connectivity index (χ2v) is 8.39. The highest BCUT2D eigenvalue weighted by atomic mass is 32.2. The maximum absolute atomic E-state index is 13.0. The van der Waals surface area contributed by atoms with Gasteiger partial charge in [0.2, 0.25) is 0 Å². The van der Waals surface area contributed by atoms with E-state index in [2.05, 4.69) is 35.4 Å². The van der Waals surface area contributed by atoms with Crippen LogP contribution in [0.5, 0.6) is 5.75 Å². The number of ether oxygens (including phenoxy) is 1. The number of anilines is 1. The molecular formula is C19H18N2O2S3. The molecule has 2 aromatic rings. The molecule has 0 spiro atoms. The molecule has 134 valence electrons. The number of carbonyl (C=O) groups excluding carboxylic acids is 1. The number of methoxy groups -OCH3 is 1. The summed E-state index contributed by atoms with van der Waals surface area (Å²) in [6.07, 6.45) is 2.07. The highest BCUT2D eigenvalue weighted by Gasteiger charge is 2.50. The zero-order valence-corrected chi connectivity index (χ0v) is 16.9. The number of hydrogen-bond donors (Lipinski definition) is 0. The third-order valence-corrected chi connectivity index (χ3v) is 7.11. The van der Waals surface area contributed by atoms with Crippen LogP contribution in [0.1, 0.15) is 10.9 Å². The van der Waals surface area contributed by atoms with Crippen molar-refractivity contribution in [3.8, 4) is 5.75 Å². The SMILES string of the molecule is COc1ccc(N2C(=O)[C@@H]3CS[C@H](c4ccc(SC)cc4)N3C2=S)cc1. The molecule has 2 saturated heterocycles. The van der Waals surface area contributed by atoms with Crippen molar-refractivity contribution < 1.29 is 9.53 Å². The molecule has 2 aliphatic heterocycles. The first-order valence-electron chi connectivity index (χ1n) is 8.20. The number of fused-ring (bicyclic) bond motifs is 1. The van der Waals surface area contributed by atoms with Gasteiger partial charge in [-0.1, -0.05) is 12.1 Å². The number of hydrogen-bond acceptors (Lipinski definition) is 5. The van der Waals surface area contributed by atoms with Crippen molar-refractivity contribution in [2.75, 3.05) is 24.0 Å². The Bertz CT molecular complexity index is 839. The Hall–Kier alpha value is -1.70. The van der Waals surface area contributed by atoms with Gasteiger partial charge < -0.3 is 9.64 Å². The van der Waals surface area contributed by atoms with E-state index in [4.69, 9.17) is 17.0 Å². The van der Waals surface area contributed by atoms with Crippen molar-refractivity contribution in [1.29, 1.82) is 0 Å². The molecule has 4 rings (SSSR count). The van der Waals surface area contributed by atoms with Crippen LogP contribution < -0.4 is 9.64 Å². The van der Waals surface area contributed by atoms with Crippen LogP contribution in [0.2, 0.25) is 0 Å². The van der Waals surface area contributed by atoms with Crippen LogP contribution in [0.25, 0.3) is 0 Å². The molecule has 0 unspecified atom stereocenters. The summed E-state index contributed by atoms with van der Waals surface area (Å²) in [7, 11) is 1.63.